The van der Waals surface area contributed by atoms with Crippen molar-refractivity contribution in [1.82, 2.24) is 4.98 Å². The monoisotopic (exact) mass is 204 g/mol. The van der Waals surface area contributed by atoms with Crippen LogP contribution in [0.4, 0.5) is 0 Å². The summed E-state index contributed by atoms with van der Waals surface area (Å²) in [7, 11) is 0. The molecule has 0 aliphatic carbocycles. The molecule has 1 aromatic heterocycles. The smallest absolute Gasteiger partial charge is 0.255 e. The second-order valence-corrected chi connectivity index (χ2v) is 3.24. The Hall–Kier alpha value is -0.810. The number of hydrogen-bond donors (Lipinski definition) is 0. The number of aromatic nitrogens is 1. The number of nitro groups is 1. The molecule has 0 atom stereocenters. The van der Waals surface area contributed by atoms with Crippen LogP contribution in [0.1, 0.15) is 0 Å². The quantitative estimate of drug-likeness (QED) is 0.327. The van der Waals surface area contributed by atoms with Gasteiger partial charge in [-0.2, -0.15) is 0 Å². The summed E-state index contributed by atoms with van der Waals surface area (Å²) in [6.45, 7) is 0. The molecule has 1 aromatic rings. The average Bonchev–Trinajstić information content (AvgIpc) is 2.03. The van der Waals surface area contributed by atoms with E-state index in [0.717, 1.165) is 11.8 Å². The topological polar surface area (TPSA) is 56.0 Å². The summed E-state index contributed by atoms with van der Waals surface area (Å²) < 4.78 is 0. The highest BCUT2D eigenvalue weighted by molar-refractivity contribution is 7.99. The van der Waals surface area contributed by atoms with Crippen LogP contribution in [0.2, 0.25) is 5.02 Å². The van der Waals surface area contributed by atoms with Crippen molar-refractivity contribution in [2.75, 3.05) is 5.88 Å². The second kappa shape index (κ2) is 4.27. The maximum Gasteiger partial charge on any atom is 0.255 e. The zero-order valence-corrected chi connectivity index (χ0v) is 7.51. The summed E-state index contributed by atoms with van der Waals surface area (Å²) >= 11 is 6.71. The fraction of sp³-hybridized carbons (Fsp3) is 0.167. The molecule has 0 aliphatic heterocycles. The minimum atomic E-state index is -0.421. The van der Waals surface area contributed by atoms with E-state index in [1.807, 2.05) is 0 Å². The van der Waals surface area contributed by atoms with Crippen LogP contribution in [0.5, 0.6) is 0 Å². The largest absolute Gasteiger partial charge is 0.264 e. The Kier molecular flexibility index (Phi) is 3.31. The lowest BCUT2D eigenvalue weighted by Crippen LogP contribution is -1.95. The Morgan fingerprint density at radius 3 is 3.08 bits per heavy atom. The summed E-state index contributed by atoms with van der Waals surface area (Å²) in [5.41, 5.74) is 0. The van der Waals surface area contributed by atoms with Crippen molar-refractivity contribution in [3.63, 3.8) is 0 Å². The molecule has 0 fully saturated rings. The van der Waals surface area contributed by atoms with Gasteiger partial charge in [0, 0.05) is 11.1 Å². The molecule has 0 unspecified atom stereocenters. The van der Waals surface area contributed by atoms with E-state index >= 15 is 0 Å². The van der Waals surface area contributed by atoms with E-state index in [1.165, 1.54) is 0 Å². The van der Waals surface area contributed by atoms with Gasteiger partial charge in [0.2, 0.25) is 0 Å². The fourth-order valence-electron chi connectivity index (χ4n) is 0.591. The fourth-order valence-corrected chi connectivity index (χ4v) is 1.45. The van der Waals surface area contributed by atoms with Gasteiger partial charge in [-0.15, -0.1) is 0 Å². The molecule has 12 heavy (non-hydrogen) atoms. The first kappa shape index (κ1) is 9.28. The molecule has 0 saturated carbocycles. The predicted octanol–water partition coefficient (Wildman–Crippen LogP) is 2.06. The highest BCUT2D eigenvalue weighted by Crippen LogP contribution is 2.23. The molecule has 0 saturated heterocycles. The van der Waals surface area contributed by atoms with E-state index in [-0.39, 0.29) is 5.88 Å². The van der Waals surface area contributed by atoms with Gasteiger partial charge in [0.25, 0.3) is 5.88 Å². The van der Waals surface area contributed by atoms with E-state index in [1.54, 1.807) is 18.3 Å². The predicted molar refractivity (Wildman–Crippen MR) is 47.0 cm³/mol. The molecule has 64 valence electrons. The Bertz CT molecular complexity index is 295. The molecule has 0 aromatic carbocycles. The highest BCUT2D eigenvalue weighted by atomic mass is 35.5. The minimum Gasteiger partial charge on any atom is -0.264 e. The first-order valence-electron chi connectivity index (χ1n) is 3.05. The van der Waals surface area contributed by atoms with Crippen LogP contribution in [0.15, 0.2) is 23.4 Å². The Labute approximate surface area is 78.1 Å². The molecule has 0 radical (unpaired) electrons. The number of rotatable bonds is 3. The van der Waals surface area contributed by atoms with Crippen LogP contribution in [-0.4, -0.2) is 15.8 Å². The summed E-state index contributed by atoms with van der Waals surface area (Å²) in [4.78, 5) is 13.5. The Balaban J connectivity index is 2.63. The molecular formula is C6H5ClN2O2S. The van der Waals surface area contributed by atoms with Crippen LogP contribution in [0.3, 0.4) is 0 Å². The number of thioether (sulfide) groups is 1. The normalized spacial score (nSPS) is 9.75. The molecule has 0 bridgehead atoms. The summed E-state index contributed by atoms with van der Waals surface area (Å²) in [5.74, 6) is -0.212. The van der Waals surface area contributed by atoms with Crippen LogP contribution < -0.4 is 0 Å². The van der Waals surface area contributed by atoms with Crippen molar-refractivity contribution in [3.05, 3.63) is 33.5 Å². The molecule has 0 amide bonds. The van der Waals surface area contributed by atoms with E-state index in [0.29, 0.717) is 10.0 Å². The molecule has 0 N–H and O–H groups in total. The third-order valence-electron chi connectivity index (χ3n) is 1.03. The van der Waals surface area contributed by atoms with Crippen LogP contribution in [0, 0.1) is 10.1 Å². The average molecular weight is 205 g/mol. The van der Waals surface area contributed by atoms with E-state index < -0.39 is 4.92 Å². The first-order chi connectivity index (χ1) is 5.70. The van der Waals surface area contributed by atoms with Gasteiger partial charge < -0.3 is 0 Å². The molecule has 4 nitrogen and oxygen atoms in total. The van der Waals surface area contributed by atoms with Crippen molar-refractivity contribution in [2.45, 2.75) is 5.03 Å². The summed E-state index contributed by atoms with van der Waals surface area (Å²) in [6, 6.07) is 3.33. The second-order valence-electron chi connectivity index (χ2n) is 1.90. The molecular weight excluding hydrogens is 200 g/mol. The van der Waals surface area contributed by atoms with Gasteiger partial charge in [0.1, 0.15) is 5.03 Å². The Morgan fingerprint density at radius 2 is 2.50 bits per heavy atom. The van der Waals surface area contributed by atoms with Crippen LogP contribution >= 0.6 is 23.4 Å². The first-order valence-corrected chi connectivity index (χ1v) is 4.41. The lowest BCUT2D eigenvalue weighted by atomic mass is 10.5. The van der Waals surface area contributed by atoms with Crippen LogP contribution in [-0.2, 0) is 0 Å². The molecule has 0 spiro atoms. The van der Waals surface area contributed by atoms with E-state index in [9.17, 15) is 10.1 Å². The lowest BCUT2D eigenvalue weighted by molar-refractivity contribution is -0.456. The number of pyridine rings is 1. The van der Waals surface area contributed by atoms with Gasteiger partial charge >= 0.3 is 0 Å². The number of hydrogen-bond acceptors (Lipinski definition) is 4. The van der Waals surface area contributed by atoms with Crippen molar-refractivity contribution in [3.8, 4) is 0 Å². The Morgan fingerprint density at radius 1 is 1.75 bits per heavy atom. The van der Waals surface area contributed by atoms with Gasteiger partial charge in [-0.3, -0.25) is 10.1 Å². The maximum absolute atomic E-state index is 10.00. The lowest BCUT2D eigenvalue weighted by Gasteiger charge is -1.96. The molecule has 1 rings (SSSR count). The van der Waals surface area contributed by atoms with Crippen molar-refractivity contribution < 1.29 is 4.92 Å². The van der Waals surface area contributed by atoms with Gasteiger partial charge in [-0.1, -0.05) is 11.6 Å². The maximum atomic E-state index is 10.00. The van der Waals surface area contributed by atoms with Crippen molar-refractivity contribution in [1.29, 1.82) is 0 Å². The molecule has 0 aliphatic rings. The van der Waals surface area contributed by atoms with E-state index in [2.05, 4.69) is 4.98 Å². The third kappa shape index (κ3) is 2.67. The number of nitrogens with zero attached hydrogens (tertiary/aromatic N) is 2. The summed E-state index contributed by atoms with van der Waals surface area (Å²) in [5, 5.41) is 10.9. The van der Waals surface area contributed by atoms with Crippen molar-refractivity contribution >= 4 is 23.4 Å². The van der Waals surface area contributed by atoms with Crippen LogP contribution in [0.25, 0.3) is 0 Å². The zero-order chi connectivity index (χ0) is 8.97. The van der Waals surface area contributed by atoms with Gasteiger partial charge in [-0.25, -0.2) is 4.98 Å². The molecule has 1 heterocycles. The molecule has 6 heteroatoms. The SMILES string of the molecule is O=[N+]([O-])CSc1ncccc1Cl. The highest BCUT2D eigenvalue weighted by Gasteiger charge is 2.04. The number of halogens is 1. The minimum absolute atomic E-state index is 0.212. The van der Waals surface area contributed by atoms with Gasteiger partial charge in [-0.05, 0) is 23.9 Å². The third-order valence-corrected chi connectivity index (χ3v) is 2.39. The van der Waals surface area contributed by atoms with Crippen molar-refractivity contribution in [2.24, 2.45) is 0 Å². The van der Waals surface area contributed by atoms with Gasteiger partial charge in [0.05, 0.1) is 5.02 Å². The standard InChI is InChI=1S/C6H5ClN2O2S/c7-5-2-1-3-8-6(5)12-4-9(10)11/h1-3H,4H2. The van der Waals surface area contributed by atoms with Gasteiger partial charge in [0.15, 0.2) is 0 Å². The van der Waals surface area contributed by atoms with E-state index in [4.69, 9.17) is 11.6 Å². The zero-order valence-electron chi connectivity index (χ0n) is 5.94. The summed E-state index contributed by atoms with van der Waals surface area (Å²) in [6.07, 6.45) is 1.55.